The number of aromatic nitrogens is 1. The second-order valence-corrected chi connectivity index (χ2v) is 3.17. The van der Waals surface area contributed by atoms with E-state index >= 15 is 0 Å². The number of amides is 1. The van der Waals surface area contributed by atoms with Crippen LogP contribution in [0, 0.1) is 0 Å². The van der Waals surface area contributed by atoms with Crippen molar-refractivity contribution in [3.63, 3.8) is 0 Å². The van der Waals surface area contributed by atoms with E-state index < -0.39 is 0 Å². The molecule has 5 heteroatoms. The molecule has 14 heavy (non-hydrogen) atoms. The second kappa shape index (κ2) is 4.57. The Balaban J connectivity index is 2.56. The number of hydrogen-bond donors (Lipinski definition) is 3. The molecule has 1 aromatic rings. The number of nitrogens with one attached hydrogen (secondary N) is 2. The molecule has 0 spiro atoms. The Hall–Kier alpha value is -1.62. The molecule has 1 heterocycles. The Bertz CT molecular complexity index is 350. The molecule has 0 saturated carbocycles. The van der Waals surface area contributed by atoms with E-state index in [1.165, 1.54) is 18.3 Å². The number of carbonyl (C=O) groups is 1. The molecule has 1 amide bonds. The SMILES string of the molecule is CC(N)CC(=O)Nc1ccc(=O)[nH]c1. The highest BCUT2D eigenvalue weighted by molar-refractivity contribution is 5.90. The molecular weight excluding hydrogens is 182 g/mol. The Morgan fingerprint density at radius 1 is 1.64 bits per heavy atom. The average molecular weight is 195 g/mol. The quantitative estimate of drug-likeness (QED) is 0.636. The third-order valence-electron chi connectivity index (χ3n) is 1.58. The number of hydrogen-bond acceptors (Lipinski definition) is 3. The van der Waals surface area contributed by atoms with Gasteiger partial charge in [-0.15, -0.1) is 0 Å². The lowest BCUT2D eigenvalue weighted by Crippen LogP contribution is -2.24. The zero-order valence-electron chi connectivity index (χ0n) is 7.91. The van der Waals surface area contributed by atoms with Crippen LogP contribution in [0.1, 0.15) is 13.3 Å². The molecule has 0 bridgehead atoms. The summed E-state index contributed by atoms with van der Waals surface area (Å²) in [7, 11) is 0. The number of H-pyrrole nitrogens is 1. The summed E-state index contributed by atoms with van der Waals surface area (Å²) >= 11 is 0. The van der Waals surface area contributed by atoms with Crippen molar-refractivity contribution < 1.29 is 4.79 Å². The standard InChI is InChI=1S/C9H13N3O2/c1-6(10)4-9(14)12-7-2-3-8(13)11-5-7/h2-3,5-6H,4,10H2,1H3,(H,11,13)(H,12,14). The van der Waals surface area contributed by atoms with Crippen LogP contribution < -0.4 is 16.6 Å². The van der Waals surface area contributed by atoms with Crippen molar-refractivity contribution in [2.75, 3.05) is 5.32 Å². The van der Waals surface area contributed by atoms with Crippen LogP contribution in [0.2, 0.25) is 0 Å². The predicted molar refractivity (Wildman–Crippen MR) is 54.0 cm³/mol. The van der Waals surface area contributed by atoms with E-state index in [0.29, 0.717) is 5.69 Å². The molecular formula is C9H13N3O2. The Morgan fingerprint density at radius 3 is 2.86 bits per heavy atom. The highest BCUT2D eigenvalue weighted by atomic mass is 16.1. The monoisotopic (exact) mass is 195 g/mol. The molecule has 0 aliphatic carbocycles. The molecule has 1 unspecified atom stereocenters. The summed E-state index contributed by atoms with van der Waals surface area (Å²) in [6, 6.07) is 2.72. The zero-order chi connectivity index (χ0) is 10.6. The summed E-state index contributed by atoms with van der Waals surface area (Å²) < 4.78 is 0. The summed E-state index contributed by atoms with van der Waals surface area (Å²) in [5, 5.41) is 2.61. The maximum absolute atomic E-state index is 11.2. The smallest absolute Gasteiger partial charge is 0.248 e. The number of carbonyl (C=O) groups excluding carboxylic acids is 1. The van der Waals surface area contributed by atoms with Crippen LogP contribution in [0.25, 0.3) is 0 Å². The van der Waals surface area contributed by atoms with Gasteiger partial charge < -0.3 is 16.0 Å². The first-order valence-corrected chi connectivity index (χ1v) is 4.32. The molecule has 4 N–H and O–H groups in total. The van der Waals surface area contributed by atoms with Gasteiger partial charge in [-0.2, -0.15) is 0 Å². The lowest BCUT2D eigenvalue weighted by atomic mass is 10.2. The van der Waals surface area contributed by atoms with Crippen LogP contribution in [0.5, 0.6) is 0 Å². The topological polar surface area (TPSA) is 88.0 Å². The molecule has 1 aromatic heterocycles. The molecule has 1 atom stereocenters. The highest BCUT2D eigenvalue weighted by Gasteiger charge is 2.04. The van der Waals surface area contributed by atoms with Gasteiger partial charge in [-0.25, -0.2) is 0 Å². The average Bonchev–Trinajstić information content (AvgIpc) is 2.07. The van der Waals surface area contributed by atoms with Gasteiger partial charge in [0.1, 0.15) is 0 Å². The van der Waals surface area contributed by atoms with E-state index in [2.05, 4.69) is 10.3 Å². The van der Waals surface area contributed by atoms with Crippen LogP contribution in [-0.4, -0.2) is 16.9 Å². The molecule has 0 aliphatic heterocycles. The fraction of sp³-hybridized carbons (Fsp3) is 0.333. The van der Waals surface area contributed by atoms with Gasteiger partial charge in [-0.1, -0.05) is 0 Å². The van der Waals surface area contributed by atoms with Crippen molar-refractivity contribution in [2.24, 2.45) is 5.73 Å². The number of anilines is 1. The number of nitrogens with two attached hydrogens (primary N) is 1. The van der Waals surface area contributed by atoms with Gasteiger partial charge in [0.25, 0.3) is 0 Å². The number of aromatic amines is 1. The maximum Gasteiger partial charge on any atom is 0.248 e. The molecule has 1 rings (SSSR count). The van der Waals surface area contributed by atoms with Crippen molar-refractivity contribution in [1.29, 1.82) is 0 Å². The minimum Gasteiger partial charge on any atom is -0.327 e. The fourth-order valence-corrected chi connectivity index (χ4v) is 0.993. The lowest BCUT2D eigenvalue weighted by molar-refractivity contribution is -0.116. The van der Waals surface area contributed by atoms with Crippen LogP contribution in [0.15, 0.2) is 23.1 Å². The Morgan fingerprint density at radius 2 is 2.36 bits per heavy atom. The molecule has 5 nitrogen and oxygen atoms in total. The Kier molecular flexibility index (Phi) is 3.41. The minimum absolute atomic E-state index is 0.160. The number of rotatable bonds is 3. The van der Waals surface area contributed by atoms with Gasteiger partial charge in [0.05, 0.1) is 5.69 Å². The van der Waals surface area contributed by atoms with Gasteiger partial charge in [-0.05, 0) is 13.0 Å². The highest BCUT2D eigenvalue weighted by Crippen LogP contribution is 2.01. The summed E-state index contributed by atoms with van der Waals surface area (Å²) in [6.07, 6.45) is 1.71. The molecule has 0 fully saturated rings. The van der Waals surface area contributed by atoms with Crippen molar-refractivity contribution in [2.45, 2.75) is 19.4 Å². The minimum atomic E-state index is -0.199. The van der Waals surface area contributed by atoms with Gasteiger partial charge in [0, 0.05) is 24.7 Å². The van der Waals surface area contributed by atoms with E-state index in [1.807, 2.05) is 0 Å². The molecule has 0 aliphatic rings. The molecule has 0 saturated heterocycles. The van der Waals surface area contributed by atoms with E-state index in [9.17, 15) is 9.59 Å². The first kappa shape index (κ1) is 10.5. The van der Waals surface area contributed by atoms with E-state index in [1.54, 1.807) is 6.92 Å². The number of pyridine rings is 1. The lowest BCUT2D eigenvalue weighted by Gasteiger charge is -2.06. The molecule has 76 valence electrons. The van der Waals surface area contributed by atoms with Gasteiger partial charge in [0.15, 0.2) is 0 Å². The second-order valence-electron chi connectivity index (χ2n) is 3.17. The van der Waals surface area contributed by atoms with Crippen LogP contribution in [-0.2, 0) is 4.79 Å². The first-order valence-electron chi connectivity index (χ1n) is 4.32. The zero-order valence-corrected chi connectivity index (χ0v) is 7.91. The van der Waals surface area contributed by atoms with E-state index in [4.69, 9.17) is 5.73 Å². The van der Waals surface area contributed by atoms with Gasteiger partial charge in [-0.3, -0.25) is 9.59 Å². The van der Waals surface area contributed by atoms with E-state index in [-0.39, 0.29) is 23.9 Å². The third-order valence-corrected chi connectivity index (χ3v) is 1.58. The van der Waals surface area contributed by atoms with E-state index in [0.717, 1.165) is 0 Å². The first-order chi connectivity index (χ1) is 6.58. The predicted octanol–water partition coefficient (Wildman–Crippen LogP) is 0.0507. The van der Waals surface area contributed by atoms with Crippen molar-refractivity contribution >= 4 is 11.6 Å². The Labute approximate surface area is 81.3 Å². The summed E-state index contributed by atoms with van der Waals surface area (Å²) in [6.45, 7) is 1.76. The fourth-order valence-electron chi connectivity index (χ4n) is 0.993. The summed E-state index contributed by atoms with van der Waals surface area (Å²) in [5.74, 6) is -0.160. The summed E-state index contributed by atoms with van der Waals surface area (Å²) in [5.41, 5.74) is 5.82. The largest absolute Gasteiger partial charge is 0.327 e. The summed E-state index contributed by atoms with van der Waals surface area (Å²) in [4.78, 5) is 24.4. The molecule has 0 radical (unpaired) electrons. The normalized spacial score (nSPS) is 12.1. The van der Waals surface area contributed by atoms with Crippen molar-refractivity contribution in [3.8, 4) is 0 Å². The van der Waals surface area contributed by atoms with Crippen molar-refractivity contribution in [3.05, 3.63) is 28.7 Å². The molecule has 0 aromatic carbocycles. The van der Waals surface area contributed by atoms with Gasteiger partial charge >= 0.3 is 0 Å². The third kappa shape index (κ3) is 3.40. The van der Waals surface area contributed by atoms with Crippen molar-refractivity contribution in [1.82, 2.24) is 4.98 Å². The maximum atomic E-state index is 11.2. The van der Waals surface area contributed by atoms with Crippen LogP contribution in [0.3, 0.4) is 0 Å². The van der Waals surface area contributed by atoms with Gasteiger partial charge in [0.2, 0.25) is 11.5 Å². The van der Waals surface area contributed by atoms with Crippen LogP contribution >= 0.6 is 0 Å². The van der Waals surface area contributed by atoms with Crippen LogP contribution in [0.4, 0.5) is 5.69 Å².